The standard InChI is InChI=1S/C17H24N2O4S/c1-18-17-19-13-15(21)14(20)12(23-16(13)24-17)5-3-4-10-6-8-11(22-2)9-7-10/h6-9,12-16,20-21H,3-5H2,1-2H3,(H,18,19). The van der Waals surface area contributed by atoms with Crippen LogP contribution in [0, 0.1) is 0 Å². The predicted molar refractivity (Wildman–Crippen MR) is 94.5 cm³/mol. The summed E-state index contributed by atoms with van der Waals surface area (Å²) in [6.07, 6.45) is 0.392. The van der Waals surface area contributed by atoms with Crippen molar-refractivity contribution in [3.05, 3.63) is 29.8 Å². The van der Waals surface area contributed by atoms with Gasteiger partial charge < -0.3 is 25.0 Å². The molecule has 0 saturated carbocycles. The molecule has 1 aromatic carbocycles. The van der Waals surface area contributed by atoms with Gasteiger partial charge in [-0.25, -0.2) is 0 Å². The van der Waals surface area contributed by atoms with Crippen molar-refractivity contribution >= 4 is 16.9 Å². The first-order valence-electron chi connectivity index (χ1n) is 8.17. The van der Waals surface area contributed by atoms with Gasteiger partial charge in [0.25, 0.3) is 0 Å². The fraction of sp³-hybridized carbons (Fsp3) is 0.588. The first kappa shape index (κ1) is 17.5. The number of ether oxygens (including phenoxy) is 2. The maximum Gasteiger partial charge on any atom is 0.159 e. The van der Waals surface area contributed by atoms with E-state index in [0.29, 0.717) is 6.42 Å². The van der Waals surface area contributed by atoms with Crippen molar-refractivity contribution in [1.82, 2.24) is 5.32 Å². The van der Waals surface area contributed by atoms with Crippen LogP contribution in [0.3, 0.4) is 0 Å². The average Bonchev–Trinajstić information content (AvgIpc) is 3.03. The number of aryl methyl sites for hydroxylation is 1. The van der Waals surface area contributed by atoms with Crippen LogP contribution in [0.15, 0.2) is 29.3 Å². The highest BCUT2D eigenvalue weighted by Crippen LogP contribution is 2.35. The molecule has 0 spiro atoms. The largest absolute Gasteiger partial charge is 0.497 e. The number of hydrogen-bond acceptors (Lipinski definition) is 6. The highest BCUT2D eigenvalue weighted by atomic mass is 32.2. The molecule has 0 aromatic heterocycles. The van der Waals surface area contributed by atoms with Crippen molar-refractivity contribution < 1.29 is 19.7 Å². The summed E-state index contributed by atoms with van der Waals surface area (Å²) >= 11 is 1.47. The second-order valence-electron chi connectivity index (χ2n) is 6.08. The lowest BCUT2D eigenvalue weighted by Gasteiger charge is -2.39. The van der Waals surface area contributed by atoms with Gasteiger partial charge in [-0.15, -0.1) is 0 Å². The summed E-state index contributed by atoms with van der Waals surface area (Å²) in [4.78, 5) is 4.10. The average molecular weight is 352 g/mol. The van der Waals surface area contributed by atoms with Crippen molar-refractivity contribution in [2.45, 2.75) is 49.1 Å². The molecule has 2 heterocycles. The van der Waals surface area contributed by atoms with Crippen LogP contribution in [-0.4, -0.2) is 59.3 Å². The smallest absolute Gasteiger partial charge is 0.159 e. The molecule has 0 amide bonds. The van der Waals surface area contributed by atoms with Crippen molar-refractivity contribution in [3.63, 3.8) is 0 Å². The minimum absolute atomic E-state index is 0.201. The third kappa shape index (κ3) is 3.69. The van der Waals surface area contributed by atoms with E-state index in [-0.39, 0.29) is 17.6 Å². The summed E-state index contributed by atoms with van der Waals surface area (Å²) in [6, 6.07) is 7.68. The SMILES string of the molecule is CN=C1NC2C(OC(CCCc3ccc(OC)cc3)C(O)C2O)S1. The third-order valence-corrected chi connectivity index (χ3v) is 5.70. The van der Waals surface area contributed by atoms with Gasteiger partial charge in [0, 0.05) is 7.05 Å². The summed E-state index contributed by atoms with van der Waals surface area (Å²) < 4.78 is 11.1. The number of nitrogens with zero attached hydrogens (tertiary/aromatic N) is 1. The number of aliphatic imine (C=N–C) groups is 1. The Kier molecular flexibility index (Phi) is 5.65. The number of fused-ring (bicyclic) bond motifs is 1. The van der Waals surface area contributed by atoms with Crippen LogP contribution in [0.25, 0.3) is 0 Å². The fourth-order valence-electron chi connectivity index (χ4n) is 3.13. The van der Waals surface area contributed by atoms with E-state index in [4.69, 9.17) is 9.47 Å². The van der Waals surface area contributed by atoms with E-state index < -0.39 is 12.2 Å². The van der Waals surface area contributed by atoms with E-state index in [1.807, 2.05) is 24.3 Å². The molecule has 132 valence electrons. The predicted octanol–water partition coefficient (Wildman–Crippen LogP) is 1.16. The second kappa shape index (κ2) is 7.74. The summed E-state index contributed by atoms with van der Waals surface area (Å²) in [5.74, 6) is 0.845. The molecule has 2 aliphatic rings. The number of aliphatic hydroxyl groups is 2. The van der Waals surface area contributed by atoms with Gasteiger partial charge in [-0.2, -0.15) is 0 Å². The molecule has 7 heteroatoms. The molecule has 2 aliphatic heterocycles. The Labute approximate surface area is 146 Å². The van der Waals surface area contributed by atoms with Gasteiger partial charge in [0.2, 0.25) is 0 Å². The van der Waals surface area contributed by atoms with Crippen molar-refractivity contribution in [2.24, 2.45) is 4.99 Å². The van der Waals surface area contributed by atoms with Gasteiger partial charge in [-0.05, 0) is 37.0 Å². The Morgan fingerprint density at radius 1 is 1.25 bits per heavy atom. The van der Waals surface area contributed by atoms with Gasteiger partial charge in [0.1, 0.15) is 23.4 Å². The second-order valence-corrected chi connectivity index (χ2v) is 7.17. The Hall–Kier alpha value is -1.28. The molecule has 5 atom stereocenters. The van der Waals surface area contributed by atoms with Gasteiger partial charge in [0.15, 0.2) is 5.17 Å². The number of amidine groups is 1. The van der Waals surface area contributed by atoms with Crippen LogP contribution in [0.4, 0.5) is 0 Å². The molecule has 1 aromatic rings. The van der Waals surface area contributed by atoms with Crippen molar-refractivity contribution in [3.8, 4) is 5.75 Å². The maximum absolute atomic E-state index is 10.3. The zero-order valence-corrected chi connectivity index (χ0v) is 14.7. The number of thioether (sulfide) groups is 1. The zero-order chi connectivity index (χ0) is 17.1. The molecule has 0 radical (unpaired) electrons. The van der Waals surface area contributed by atoms with E-state index in [2.05, 4.69) is 10.3 Å². The number of benzene rings is 1. The highest BCUT2D eigenvalue weighted by molar-refractivity contribution is 8.14. The summed E-state index contributed by atoms with van der Waals surface area (Å²) in [5, 5.41) is 24.5. The lowest BCUT2D eigenvalue weighted by Crippen LogP contribution is -2.58. The molecular formula is C17H24N2O4S. The van der Waals surface area contributed by atoms with Crippen LogP contribution in [0.1, 0.15) is 18.4 Å². The van der Waals surface area contributed by atoms with Gasteiger partial charge >= 0.3 is 0 Å². The first-order valence-corrected chi connectivity index (χ1v) is 9.05. The Morgan fingerprint density at radius 3 is 2.67 bits per heavy atom. The van der Waals surface area contributed by atoms with E-state index in [1.165, 1.54) is 17.3 Å². The topological polar surface area (TPSA) is 83.3 Å². The minimum Gasteiger partial charge on any atom is -0.497 e. The highest BCUT2D eigenvalue weighted by Gasteiger charge is 2.48. The summed E-state index contributed by atoms with van der Waals surface area (Å²) in [6.45, 7) is 0. The lowest BCUT2D eigenvalue weighted by atomic mass is 9.94. The molecule has 3 N–H and O–H groups in total. The number of nitrogens with one attached hydrogen (secondary N) is 1. The Balaban J connectivity index is 1.53. The van der Waals surface area contributed by atoms with E-state index in [1.54, 1.807) is 14.2 Å². The van der Waals surface area contributed by atoms with Gasteiger partial charge in [0.05, 0.1) is 19.3 Å². The minimum atomic E-state index is -0.883. The van der Waals surface area contributed by atoms with Crippen LogP contribution in [-0.2, 0) is 11.2 Å². The first-order chi connectivity index (χ1) is 11.6. The van der Waals surface area contributed by atoms with Crippen LogP contribution >= 0.6 is 11.8 Å². The number of hydrogen-bond donors (Lipinski definition) is 3. The van der Waals surface area contributed by atoms with Crippen LogP contribution in [0.2, 0.25) is 0 Å². The molecule has 3 rings (SSSR count). The number of aliphatic hydroxyl groups excluding tert-OH is 2. The summed E-state index contributed by atoms with van der Waals surface area (Å²) in [5.41, 5.74) is 1.02. The Bertz CT molecular complexity index is 580. The van der Waals surface area contributed by atoms with E-state index >= 15 is 0 Å². The summed E-state index contributed by atoms with van der Waals surface area (Å²) in [7, 11) is 3.35. The molecule has 6 nitrogen and oxygen atoms in total. The maximum atomic E-state index is 10.3. The molecule has 0 bridgehead atoms. The third-order valence-electron chi connectivity index (χ3n) is 4.54. The fourth-order valence-corrected chi connectivity index (χ4v) is 4.23. The van der Waals surface area contributed by atoms with Gasteiger partial charge in [-0.3, -0.25) is 4.99 Å². The lowest BCUT2D eigenvalue weighted by molar-refractivity contribution is -0.157. The number of rotatable bonds is 5. The van der Waals surface area contributed by atoms with Crippen molar-refractivity contribution in [2.75, 3.05) is 14.2 Å². The quantitative estimate of drug-likeness (QED) is 0.737. The Morgan fingerprint density at radius 2 is 2.00 bits per heavy atom. The van der Waals surface area contributed by atoms with E-state index in [9.17, 15) is 10.2 Å². The number of methoxy groups -OCH3 is 1. The molecule has 2 fully saturated rings. The molecule has 0 aliphatic carbocycles. The van der Waals surface area contributed by atoms with Crippen LogP contribution in [0.5, 0.6) is 5.75 Å². The van der Waals surface area contributed by atoms with Gasteiger partial charge in [-0.1, -0.05) is 23.9 Å². The van der Waals surface area contributed by atoms with Crippen molar-refractivity contribution in [1.29, 1.82) is 0 Å². The molecule has 5 unspecified atom stereocenters. The molecular weight excluding hydrogens is 328 g/mol. The van der Waals surface area contributed by atoms with E-state index in [0.717, 1.165) is 23.8 Å². The monoisotopic (exact) mass is 352 g/mol. The normalized spacial score (nSPS) is 34.0. The molecule has 24 heavy (non-hydrogen) atoms. The zero-order valence-electron chi connectivity index (χ0n) is 13.9. The van der Waals surface area contributed by atoms with Crippen LogP contribution < -0.4 is 10.1 Å². The molecule has 2 saturated heterocycles.